The van der Waals surface area contributed by atoms with Gasteiger partial charge in [-0.2, -0.15) is 5.10 Å². The van der Waals surface area contributed by atoms with Crippen molar-refractivity contribution in [1.29, 1.82) is 0 Å². The van der Waals surface area contributed by atoms with Crippen LogP contribution in [-0.2, 0) is 18.3 Å². The molecule has 0 atom stereocenters. The van der Waals surface area contributed by atoms with Crippen molar-refractivity contribution in [2.45, 2.75) is 6.54 Å². The number of ether oxygens (including phenoxy) is 1. The van der Waals surface area contributed by atoms with Crippen molar-refractivity contribution in [3.8, 4) is 0 Å². The zero-order valence-electron chi connectivity index (χ0n) is 9.22. The molecule has 1 fully saturated rings. The molecular formula is C10H15N3O3. The molecule has 1 aliphatic heterocycles. The Bertz CT molecular complexity index is 383. The molecule has 16 heavy (non-hydrogen) atoms. The lowest BCUT2D eigenvalue weighted by molar-refractivity contribution is 0.0336. The monoisotopic (exact) mass is 225 g/mol. The van der Waals surface area contributed by atoms with E-state index in [9.17, 15) is 4.79 Å². The maximum atomic E-state index is 10.8. The van der Waals surface area contributed by atoms with Crippen molar-refractivity contribution >= 4 is 5.97 Å². The van der Waals surface area contributed by atoms with Gasteiger partial charge in [-0.3, -0.25) is 9.58 Å². The van der Waals surface area contributed by atoms with Crippen LogP contribution in [0.5, 0.6) is 0 Å². The first-order chi connectivity index (χ1) is 7.66. The Hall–Kier alpha value is -1.40. The van der Waals surface area contributed by atoms with Crippen LogP contribution in [0.3, 0.4) is 0 Å². The highest BCUT2D eigenvalue weighted by molar-refractivity contribution is 5.85. The molecule has 0 unspecified atom stereocenters. The number of carbonyl (C=O) groups is 1. The molecule has 2 heterocycles. The van der Waals surface area contributed by atoms with Crippen LogP contribution >= 0.6 is 0 Å². The number of aromatic carboxylic acids is 1. The predicted octanol–water partition coefficient (Wildman–Crippen LogP) is -0.0495. The Morgan fingerprint density at radius 2 is 2.25 bits per heavy atom. The number of rotatable bonds is 3. The largest absolute Gasteiger partial charge is 0.477 e. The molecule has 1 aromatic rings. The lowest BCUT2D eigenvalue weighted by atomic mass is 10.3. The summed E-state index contributed by atoms with van der Waals surface area (Å²) in [7, 11) is 1.65. The normalized spacial score (nSPS) is 17.6. The molecule has 0 aliphatic carbocycles. The van der Waals surface area contributed by atoms with E-state index < -0.39 is 5.97 Å². The molecule has 0 spiro atoms. The maximum Gasteiger partial charge on any atom is 0.354 e. The van der Waals surface area contributed by atoms with Crippen molar-refractivity contribution < 1.29 is 14.6 Å². The first kappa shape index (κ1) is 11.1. The summed E-state index contributed by atoms with van der Waals surface area (Å²) < 4.78 is 6.64. The molecule has 1 N–H and O–H groups in total. The Morgan fingerprint density at radius 3 is 2.81 bits per heavy atom. The number of hydrogen-bond donors (Lipinski definition) is 1. The van der Waals surface area contributed by atoms with Gasteiger partial charge >= 0.3 is 5.97 Å². The molecule has 1 aromatic heterocycles. The van der Waals surface area contributed by atoms with E-state index in [1.807, 2.05) is 0 Å². The standard InChI is InChI=1S/C10H15N3O3/c1-12-9(10(14)15)6-8(11-12)7-13-2-4-16-5-3-13/h6H,2-5,7H2,1H3,(H,14,15). The zero-order chi connectivity index (χ0) is 11.5. The summed E-state index contributed by atoms with van der Waals surface area (Å²) in [5.74, 6) is -0.941. The third-order valence-electron chi connectivity index (χ3n) is 2.64. The van der Waals surface area contributed by atoms with Gasteiger partial charge in [0, 0.05) is 26.7 Å². The van der Waals surface area contributed by atoms with Crippen LogP contribution in [0.25, 0.3) is 0 Å². The molecule has 1 aliphatic rings. The average molecular weight is 225 g/mol. The van der Waals surface area contributed by atoms with Crippen LogP contribution in [0, 0.1) is 0 Å². The van der Waals surface area contributed by atoms with Gasteiger partial charge in [0.1, 0.15) is 5.69 Å². The summed E-state index contributed by atoms with van der Waals surface area (Å²) in [6.07, 6.45) is 0. The molecule has 2 rings (SSSR count). The van der Waals surface area contributed by atoms with Gasteiger partial charge in [0.05, 0.1) is 18.9 Å². The second-order valence-electron chi connectivity index (χ2n) is 3.84. The summed E-state index contributed by atoms with van der Waals surface area (Å²) in [4.78, 5) is 13.0. The molecular weight excluding hydrogens is 210 g/mol. The van der Waals surface area contributed by atoms with Gasteiger partial charge in [-0.25, -0.2) is 4.79 Å². The first-order valence-corrected chi connectivity index (χ1v) is 5.23. The van der Waals surface area contributed by atoms with E-state index in [-0.39, 0.29) is 5.69 Å². The van der Waals surface area contributed by atoms with E-state index >= 15 is 0 Å². The van der Waals surface area contributed by atoms with E-state index in [0.29, 0.717) is 6.54 Å². The molecule has 88 valence electrons. The second kappa shape index (κ2) is 4.63. The van der Waals surface area contributed by atoms with Crippen molar-refractivity contribution in [3.63, 3.8) is 0 Å². The first-order valence-electron chi connectivity index (χ1n) is 5.23. The number of hydrogen-bond acceptors (Lipinski definition) is 4. The summed E-state index contributed by atoms with van der Waals surface area (Å²) in [5.41, 5.74) is 1.02. The summed E-state index contributed by atoms with van der Waals surface area (Å²) >= 11 is 0. The van der Waals surface area contributed by atoms with E-state index in [0.717, 1.165) is 32.0 Å². The van der Waals surface area contributed by atoms with Gasteiger partial charge in [-0.05, 0) is 6.07 Å². The molecule has 0 amide bonds. The van der Waals surface area contributed by atoms with Crippen LogP contribution in [0.15, 0.2) is 6.07 Å². The van der Waals surface area contributed by atoms with Crippen molar-refractivity contribution in [3.05, 3.63) is 17.5 Å². The minimum atomic E-state index is -0.941. The highest BCUT2D eigenvalue weighted by atomic mass is 16.5. The lowest BCUT2D eigenvalue weighted by Crippen LogP contribution is -2.35. The number of aromatic nitrogens is 2. The topological polar surface area (TPSA) is 67.6 Å². The maximum absolute atomic E-state index is 10.8. The molecule has 1 saturated heterocycles. The van der Waals surface area contributed by atoms with Crippen LogP contribution in [0.1, 0.15) is 16.2 Å². The van der Waals surface area contributed by atoms with Gasteiger partial charge in [0.15, 0.2) is 0 Å². The number of morpholine rings is 1. The summed E-state index contributed by atoms with van der Waals surface area (Å²) in [6.45, 7) is 3.90. The molecule has 0 radical (unpaired) electrons. The Kier molecular flexibility index (Phi) is 3.21. The Balaban J connectivity index is 2.03. The minimum absolute atomic E-state index is 0.225. The van der Waals surface area contributed by atoms with Gasteiger partial charge in [-0.1, -0.05) is 0 Å². The number of carboxylic acids is 1. The molecule has 0 bridgehead atoms. The van der Waals surface area contributed by atoms with Crippen LogP contribution in [0.4, 0.5) is 0 Å². The summed E-state index contributed by atoms with van der Waals surface area (Å²) in [6, 6.07) is 1.62. The van der Waals surface area contributed by atoms with E-state index in [1.165, 1.54) is 4.68 Å². The van der Waals surface area contributed by atoms with E-state index in [1.54, 1.807) is 13.1 Å². The van der Waals surface area contributed by atoms with E-state index in [4.69, 9.17) is 9.84 Å². The van der Waals surface area contributed by atoms with Gasteiger partial charge < -0.3 is 9.84 Å². The number of carboxylic acid groups (broad SMARTS) is 1. The second-order valence-corrected chi connectivity index (χ2v) is 3.84. The Morgan fingerprint density at radius 1 is 1.56 bits per heavy atom. The quantitative estimate of drug-likeness (QED) is 0.781. The number of nitrogens with zero attached hydrogens (tertiary/aromatic N) is 3. The zero-order valence-corrected chi connectivity index (χ0v) is 9.22. The highest BCUT2D eigenvalue weighted by Gasteiger charge is 2.15. The average Bonchev–Trinajstić information content (AvgIpc) is 2.61. The predicted molar refractivity (Wildman–Crippen MR) is 56.3 cm³/mol. The lowest BCUT2D eigenvalue weighted by Gasteiger charge is -2.25. The SMILES string of the molecule is Cn1nc(CN2CCOCC2)cc1C(=O)O. The molecule has 0 aromatic carbocycles. The van der Waals surface area contributed by atoms with Gasteiger partial charge in [-0.15, -0.1) is 0 Å². The fourth-order valence-corrected chi connectivity index (χ4v) is 1.79. The van der Waals surface area contributed by atoms with E-state index in [2.05, 4.69) is 10.00 Å². The van der Waals surface area contributed by atoms with Crippen LogP contribution < -0.4 is 0 Å². The van der Waals surface area contributed by atoms with Gasteiger partial charge in [0.25, 0.3) is 0 Å². The summed E-state index contributed by atoms with van der Waals surface area (Å²) in [5, 5.41) is 13.1. The van der Waals surface area contributed by atoms with Crippen molar-refractivity contribution in [2.24, 2.45) is 7.05 Å². The molecule has 0 saturated carbocycles. The Labute approximate surface area is 93.4 Å². The van der Waals surface area contributed by atoms with Crippen molar-refractivity contribution in [2.75, 3.05) is 26.3 Å². The van der Waals surface area contributed by atoms with Crippen molar-refractivity contribution in [1.82, 2.24) is 14.7 Å². The molecule has 6 nitrogen and oxygen atoms in total. The molecule has 6 heteroatoms. The smallest absolute Gasteiger partial charge is 0.354 e. The van der Waals surface area contributed by atoms with Crippen LogP contribution in [-0.4, -0.2) is 52.1 Å². The van der Waals surface area contributed by atoms with Crippen LogP contribution in [0.2, 0.25) is 0 Å². The third-order valence-corrected chi connectivity index (χ3v) is 2.64. The third kappa shape index (κ3) is 2.40. The number of aryl methyl sites for hydroxylation is 1. The highest BCUT2D eigenvalue weighted by Crippen LogP contribution is 2.08. The minimum Gasteiger partial charge on any atom is -0.477 e. The fourth-order valence-electron chi connectivity index (χ4n) is 1.79. The van der Waals surface area contributed by atoms with Gasteiger partial charge in [0.2, 0.25) is 0 Å². The fraction of sp³-hybridized carbons (Fsp3) is 0.600.